The second kappa shape index (κ2) is 7.16. The maximum atomic E-state index is 5.64. The van der Waals surface area contributed by atoms with Gasteiger partial charge in [0.1, 0.15) is 11.5 Å². The maximum absolute atomic E-state index is 5.64. The molecule has 0 saturated heterocycles. The number of amidine groups is 1. The fourth-order valence-electron chi connectivity index (χ4n) is 1.58. The lowest BCUT2D eigenvalue weighted by molar-refractivity contribution is 0.343. The van der Waals surface area contributed by atoms with Gasteiger partial charge in [0.05, 0.1) is 13.7 Å². The first-order chi connectivity index (χ1) is 8.88. The lowest BCUT2D eigenvalue weighted by atomic mass is 10.3. The molecule has 0 saturated carbocycles. The van der Waals surface area contributed by atoms with Crippen molar-refractivity contribution in [3.63, 3.8) is 0 Å². The molecule has 2 rings (SSSR count). The van der Waals surface area contributed by atoms with Gasteiger partial charge in [0.15, 0.2) is 5.17 Å². The molecule has 0 spiro atoms. The Hall–Kier alpha value is -1.36. The molecular weight excluding hydrogens is 248 g/mol. The number of hydrogen-bond donors (Lipinski definition) is 1. The van der Waals surface area contributed by atoms with Crippen LogP contribution in [0.25, 0.3) is 0 Å². The summed E-state index contributed by atoms with van der Waals surface area (Å²) >= 11 is 1.71. The highest BCUT2D eigenvalue weighted by Gasteiger charge is 2.04. The minimum absolute atomic E-state index is 0.678. The lowest BCUT2D eigenvalue weighted by Gasteiger charge is -2.13. The number of nitrogens with one attached hydrogen (secondary N) is 1. The van der Waals surface area contributed by atoms with Crippen molar-refractivity contribution in [1.29, 1.82) is 0 Å². The number of nitrogens with zero attached hydrogens (tertiary/aromatic N) is 1. The second-order valence-electron chi connectivity index (χ2n) is 3.84. The topological polar surface area (TPSA) is 42.9 Å². The van der Waals surface area contributed by atoms with Crippen molar-refractivity contribution in [1.82, 2.24) is 5.32 Å². The minimum Gasteiger partial charge on any atom is -0.497 e. The number of aliphatic imine (C=N–C) groups is 1. The minimum atomic E-state index is 0.678. The number of ether oxygens (including phenoxy) is 2. The van der Waals surface area contributed by atoms with E-state index in [0.29, 0.717) is 6.61 Å². The molecule has 0 unspecified atom stereocenters. The summed E-state index contributed by atoms with van der Waals surface area (Å²) in [5.74, 6) is 2.62. The molecule has 0 fully saturated rings. The van der Waals surface area contributed by atoms with E-state index in [4.69, 9.17) is 9.47 Å². The third-order valence-corrected chi connectivity index (χ3v) is 3.43. The summed E-state index contributed by atoms with van der Waals surface area (Å²) < 4.78 is 10.7. The molecule has 1 aromatic rings. The average molecular weight is 266 g/mol. The van der Waals surface area contributed by atoms with Gasteiger partial charge in [0.2, 0.25) is 0 Å². The average Bonchev–Trinajstić information content (AvgIpc) is 2.45. The fourth-order valence-corrected chi connectivity index (χ4v) is 2.32. The molecule has 1 heterocycles. The molecule has 4 nitrogen and oxygen atoms in total. The molecule has 0 amide bonds. The molecule has 18 heavy (non-hydrogen) atoms. The van der Waals surface area contributed by atoms with Gasteiger partial charge < -0.3 is 14.8 Å². The first-order valence-electron chi connectivity index (χ1n) is 6.06. The maximum Gasteiger partial charge on any atom is 0.156 e. The van der Waals surface area contributed by atoms with E-state index in [-0.39, 0.29) is 0 Å². The van der Waals surface area contributed by atoms with Gasteiger partial charge in [0, 0.05) is 18.8 Å². The zero-order valence-corrected chi connectivity index (χ0v) is 11.3. The van der Waals surface area contributed by atoms with Gasteiger partial charge in [-0.15, -0.1) is 0 Å². The molecule has 98 valence electrons. The van der Waals surface area contributed by atoms with Crippen LogP contribution in [0.2, 0.25) is 0 Å². The van der Waals surface area contributed by atoms with Crippen molar-refractivity contribution in [2.45, 2.75) is 6.42 Å². The molecule has 0 radical (unpaired) electrons. The highest BCUT2D eigenvalue weighted by Crippen LogP contribution is 2.17. The fraction of sp³-hybridized carbons (Fsp3) is 0.462. The van der Waals surface area contributed by atoms with E-state index in [1.165, 1.54) is 0 Å². The first-order valence-corrected chi connectivity index (χ1v) is 7.05. The summed E-state index contributed by atoms with van der Waals surface area (Å²) in [5.41, 5.74) is 0. The summed E-state index contributed by atoms with van der Waals surface area (Å²) in [5, 5.41) is 4.31. The highest BCUT2D eigenvalue weighted by atomic mass is 32.2. The van der Waals surface area contributed by atoms with Crippen molar-refractivity contribution < 1.29 is 9.47 Å². The number of hydrogen-bond acceptors (Lipinski definition) is 5. The largest absolute Gasteiger partial charge is 0.497 e. The molecular formula is C13H18N2O2S. The summed E-state index contributed by atoms with van der Waals surface area (Å²) in [6.07, 6.45) is 1.13. The van der Waals surface area contributed by atoms with E-state index in [0.717, 1.165) is 41.9 Å². The molecule has 1 aromatic carbocycles. The Morgan fingerprint density at radius 1 is 1.28 bits per heavy atom. The molecule has 0 bridgehead atoms. The van der Waals surface area contributed by atoms with Crippen LogP contribution < -0.4 is 14.8 Å². The molecule has 5 heteroatoms. The number of methoxy groups -OCH3 is 1. The van der Waals surface area contributed by atoms with Gasteiger partial charge in [-0.3, -0.25) is 4.99 Å². The summed E-state index contributed by atoms with van der Waals surface area (Å²) in [6.45, 7) is 2.65. The van der Waals surface area contributed by atoms with Gasteiger partial charge in [-0.05, 0) is 30.7 Å². The smallest absolute Gasteiger partial charge is 0.156 e. The Balaban J connectivity index is 1.66. The van der Waals surface area contributed by atoms with Gasteiger partial charge >= 0.3 is 0 Å². The van der Waals surface area contributed by atoms with E-state index in [1.54, 1.807) is 18.9 Å². The van der Waals surface area contributed by atoms with Gasteiger partial charge in [0.25, 0.3) is 0 Å². The second-order valence-corrected chi connectivity index (χ2v) is 4.92. The van der Waals surface area contributed by atoms with Crippen LogP contribution in [0.15, 0.2) is 29.3 Å². The molecule has 0 atom stereocenters. The SMILES string of the molecule is COc1ccc(OCCSC2=NCCCN2)cc1. The van der Waals surface area contributed by atoms with Crippen LogP contribution in [0.3, 0.4) is 0 Å². The van der Waals surface area contributed by atoms with Crippen molar-refractivity contribution in [3.8, 4) is 11.5 Å². The summed E-state index contributed by atoms with van der Waals surface area (Å²) in [4.78, 5) is 4.39. The van der Waals surface area contributed by atoms with Gasteiger partial charge in [-0.1, -0.05) is 11.8 Å². The van der Waals surface area contributed by atoms with Crippen LogP contribution in [0.4, 0.5) is 0 Å². The zero-order chi connectivity index (χ0) is 12.6. The van der Waals surface area contributed by atoms with Crippen LogP contribution in [0.5, 0.6) is 11.5 Å². The number of thioether (sulfide) groups is 1. The Bertz CT molecular complexity index is 392. The third-order valence-electron chi connectivity index (χ3n) is 2.52. The normalized spacial score (nSPS) is 14.6. The number of rotatable bonds is 5. The standard InChI is InChI=1S/C13H18N2O2S/c1-16-11-3-5-12(6-4-11)17-9-10-18-13-14-7-2-8-15-13/h3-6H,2,7-10H2,1H3,(H,14,15). The van der Waals surface area contributed by atoms with Crippen molar-refractivity contribution in [2.24, 2.45) is 4.99 Å². The van der Waals surface area contributed by atoms with E-state index < -0.39 is 0 Å². The highest BCUT2D eigenvalue weighted by molar-refractivity contribution is 8.13. The van der Waals surface area contributed by atoms with Crippen molar-refractivity contribution in [3.05, 3.63) is 24.3 Å². The van der Waals surface area contributed by atoms with E-state index in [1.807, 2.05) is 24.3 Å². The van der Waals surface area contributed by atoms with E-state index in [9.17, 15) is 0 Å². The van der Waals surface area contributed by atoms with Gasteiger partial charge in [-0.25, -0.2) is 0 Å². The first kappa shape index (κ1) is 13.1. The molecule has 1 aliphatic heterocycles. The Morgan fingerprint density at radius 2 is 2.06 bits per heavy atom. The molecule has 1 aliphatic rings. The predicted molar refractivity (Wildman–Crippen MR) is 75.9 cm³/mol. The Kier molecular flexibility index (Phi) is 5.20. The third kappa shape index (κ3) is 4.14. The zero-order valence-electron chi connectivity index (χ0n) is 10.5. The molecule has 0 aromatic heterocycles. The predicted octanol–water partition coefficient (Wildman–Crippen LogP) is 2.16. The van der Waals surface area contributed by atoms with Crippen LogP contribution in [-0.4, -0.2) is 37.7 Å². The monoisotopic (exact) mass is 266 g/mol. The van der Waals surface area contributed by atoms with Crippen LogP contribution in [0, 0.1) is 0 Å². The van der Waals surface area contributed by atoms with E-state index in [2.05, 4.69) is 10.3 Å². The lowest BCUT2D eigenvalue weighted by Crippen LogP contribution is -2.27. The van der Waals surface area contributed by atoms with Crippen LogP contribution in [-0.2, 0) is 0 Å². The van der Waals surface area contributed by atoms with Crippen LogP contribution >= 0.6 is 11.8 Å². The van der Waals surface area contributed by atoms with E-state index >= 15 is 0 Å². The number of benzene rings is 1. The van der Waals surface area contributed by atoms with Gasteiger partial charge in [-0.2, -0.15) is 0 Å². The summed E-state index contributed by atoms with van der Waals surface area (Å²) in [6, 6.07) is 7.63. The van der Waals surface area contributed by atoms with Crippen molar-refractivity contribution in [2.75, 3.05) is 32.6 Å². The quantitative estimate of drug-likeness (QED) is 0.829. The Morgan fingerprint density at radius 3 is 2.72 bits per heavy atom. The molecule has 0 aliphatic carbocycles. The Labute approximate surface area is 112 Å². The van der Waals surface area contributed by atoms with Crippen LogP contribution in [0.1, 0.15) is 6.42 Å². The summed E-state index contributed by atoms with van der Waals surface area (Å²) in [7, 11) is 1.66. The van der Waals surface area contributed by atoms with Crippen molar-refractivity contribution >= 4 is 16.9 Å². The molecule has 1 N–H and O–H groups in total.